The third-order valence-electron chi connectivity index (χ3n) is 2.76. The van der Waals surface area contributed by atoms with Crippen LogP contribution in [-0.4, -0.2) is 23.2 Å². The first-order chi connectivity index (χ1) is 8.74. The highest BCUT2D eigenvalue weighted by molar-refractivity contribution is 9.10. The fourth-order valence-corrected chi connectivity index (χ4v) is 2.20. The molecular weight excluding hydrogens is 294 g/mol. The van der Waals surface area contributed by atoms with Gasteiger partial charge in [-0.3, -0.25) is 0 Å². The summed E-state index contributed by atoms with van der Waals surface area (Å²) in [6.45, 7) is 1.36. The van der Waals surface area contributed by atoms with Crippen LogP contribution in [0.2, 0.25) is 0 Å². The number of nitrogens with two attached hydrogens (primary N) is 1. The Morgan fingerprint density at radius 2 is 2.28 bits per heavy atom. The summed E-state index contributed by atoms with van der Waals surface area (Å²) < 4.78 is 8.41. The van der Waals surface area contributed by atoms with Gasteiger partial charge in [0.25, 0.3) is 0 Å². The number of methoxy groups -OCH3 is 1. The van der Waals surface area contributed by atoms with Crippen molar-refractivity contribution >= 4 is 15.9 Å². The van der Waals surface area contributed by atoms with Crippen LogP contribution in [0.15, 0.2) is 35.1 Å². The summed E-state index contributed by atoms with van der Waals surface area (Å²) in [6.07, 6.45) is 4.56. The van der Waals surface area contributed by atoms with Crippen LogP contribution in [0.5, 0.6) is 5.75 Å². The quantitative estimate of drug-likeness (QED) is 0.921. The molecule has 0 saturated carbocycles. The summed E-state index contributed by atoms with van der Waals surface area (Å²) >= 11 is 3.55. The Morgan fingerprint density at radius 1 is 1.44 bits per heavy atom. The predicted molar refractivity (Wildman–Crippen MR) is 74.8 cm³/mol. The van der Waals surface area contributed by atoms with Gasteiger partial charge in [0.15, 0.2) is 0 Å². The van der Waals surface area contributed by atoms with Gasteiger partial charge in [-0.25, -0.2) is 4.98 Å². The maximum Gasteiger partial charge on any atom is 0.119 e. The van der Waals surface area contributed by atoms with E-state index in [9.17, 15) is 0 Å². The second-order valence-corrected chi connectivity index (χ2v) is 4.82. The van der Waals surface area contributed by atoms with Crippen molar-refractivity contribution in [1.29, 1.82) is 0 Å². The molecule has 0 aliphatic carbocycles. The topological polar surface area (TPSA) is 53.1 Å². The van der Waals surface area contributed by atoms with Gasteiger partial charge in [-0.2, -0.15) is 0 Å². The molecule has 2 rings (SSSR count). The van der Waals surface area contributed by atoms with Crippen molar-refractivity contribution in [3.8, 4) is 5.75 Å². The molecule has 18 heavy (non-hydrogen) atoms. The van der Waals surface area contributed by atoms with E-state index >= 15 is 0 Å². The minimum Gasteiger partial charge on any atom is -0.497 e. The molecule has 2 aromatic rings. The highest BCUT2D eigenvalue weighted by Gasteiger charge is 2.06. The van der Waals surface area contributed by atoms with Crippen molar-refractivity contribution in [1.82, 2.24) is 9.55 Å². The van der Waals surface area contributed by atoms with E-state index in [1.165, 1.54) is 0 Å². The molecule has 0 saturated heterocycles. The van der Waals surface area contributed by atoms with E-state index in [0.29, 0.717) is 6.54 Å². The summed E-state index contributed by atoms with van der Waals surface area (Å²) in [5.74, 6) is 1.86. The first-order valence-corrected chi connectivity index (χ1v) is 6.56. The molecule has 1 aromatic carbocycles. The van der Waals surface area contributed by atoms with Crippen LogP contribution in [-0.2, 0) is 13.0 Å². The third kappa shape index (κ3) is 2.91. The highest BCUT2D eigenvalue weighted by Crippen LogP contribution is 2.23. The highest BCUT2D eigenvalue weighted by atomic mass is 79.9. The molecule has 0 aliphatic heterocycles. The Bertz CT molecular complexity index is 525. The number of aromatic nitrogens is 2. The number of benzene rings is 1. The minimum atomic E-state index is 0.607. The molecule has 0 atom stereocenters. The molecule has 0 unspecified atom stereocenters. The van der Waals surface area contributed by atoms with Crippen LogP contribution >= 0.6 is 15.9 Å². The van der Waals surface area contributed by atoms with E-state index in [-0.39, 0.29) is 0 Å². The van der Waals surface area contributed by atoms with Crippen LogP contribution in [0.3, 0.4) is 0 Å². The van der Waals surface area contributed by atoms with Gasteiger partial charge in [0.05, 0.1) is 7.11 Å². The number of halogens is 1. The molecular formula is C13H16BrN3O. The van der Waals surface area contributed by atoms with Crippen LogP contribution in [0.4, 0.5) is 0 Å². The standard InChI is InChI=1S/C13H16BrN3O/c1-18-11-2-3-12(14)10(8-11)9-17-7-6-16-13(17)4-5-15/h2-3,6-8H,4-5,9,15H2,1H3. The van der Waals surface area contributed by atoms with Gasteiger partial charge in [-0.05, 0) is 30.3 Å². The molecule has 0 aliphatic rings. The van der Waals surface area contributed by atoms with Gasteiger partial charge in [0.1, 0.15) is 11.6 Å². The van der Waals surface area contributed by atoms with Gasteiger partial charge >= 0.3 is 0 Å². The first-order valence-electron chi connectivity index (χ1n) is 5.77. The lowest BCUT2D eigenvalue weighted by Gasteiger charge is -2.10. The first kappa shape index (κ1) is 13.1. The summed E-state index contributed by atoms with van der Waals surface area (Å²) in [5.41, 5.74) is 6.73. The van der Waals surface area contributed by atoms with Crippen molar-refractivity contribution in [3.05, 3.63) is 46.5 Å². The van der Waals surface area contributed by atoms with E-state index in [2.05, 4.69) is 25.5 Å². The van der Waals surface area contributed by atoms with E-state index in [0.717, 1.165) is 34.6 Å². The van der Waals surface area contributed by atoms with E-state index in [1.54, 1.807) is 13.3 Å². The molecule has 0 fully saturated rings. The second-order valence-electron chi connectivity index (χ2n) is 3.97. The van der Waals surface area contributed by atoms with Crippen LogP contribution in [0.1, 0.15) is 11.4 Å². The number of hydrogen-bond donors (Lipinski definition) is 1. The molecule has 1 heterocycles. The van der Waals surface area contributed by atoms with Crippen molar-refractivity contribution in [2.75, 3.05) is 13.7 Å². The van der Waals surface area contributed by atoms with Gasteiger partial charge in [-0.1, -0.05) is 15.9 Å². The molecule has 2 N–H and O–H groups in total. The lowest BCUT2D eigenvalue weighted by molar-refractivity contribution is 0.414. The zero-order chi connectivity index (χ0) is 13.0. The fraction of sp³-hybridized carbons (Fsp3) is 0.308. The zero-order valence-electron chi connectivity index (χ0n) is 10.3. The second kappa shape index (κ2) is 6.02. The van der Waals surface area contributed by atoms with Crippen molar-refractivity contribution in [2.45, 2.75) is 13.0 Å². The summed E-state index contributed by atoms with van der Waals surface area (Å²) in [5, 5.41) is 0. The minimum absolute atomic E-state index is 0.607. The zero-order valence-corrected chi connectivity index (χ0v) is 11.9. The monoisotopic (exact) mass is 309 g/mol. The molecule has 4 nitrogen and oxygen atoms in total. The van der Waals surface area contributed by atoms with Crippen molar-refractivity contribution in [3.63, 3.8) is 0 Å². The van der Waals surface area contributed by atoms with Crippen LogP contribution in [0.25, 0.3) is 0 Å². The number of rotatable bonds is 5. The summed E-state index contributed by atoms with van der Waals surface area (Å²) in [6, 6.07) is 5.95. The van der Waals surface area contributed by atoms with E-state index in [1.807, 2.05) is 24.4 Å². The Hall–Kier alpha value is -1.33. The van der Waals surface area contributed by atoms with E-state index in [4.69, 9.17) is 10.5 Å². The van der Waals surface area contributed by atoms with Gasteiger partial charge < -0.3 is 15.0 Å². The molecule has 5 heteroatoms. The predicted octanol–water partition coefficient (Wildman–Crippen LogP) is 2.20. The molecule has 96 valence electrons. The van der Waals surface area contributed by atoms with Crippen molar-refractivity contribution < 1.29 is 4.74 Å². The molecule has 0 amide bonds. The van der Waals surface area contributed by atoms with Gasteiger partial charge in [0.2, 0.25) is 0 Å². The maximum absolute atomic E-state index is 5.57. The largest absolute Gasteiger partial charge is 0.497 e. The van der Waals surface area contributed by atoms with Crippen LogP contribution in [0, 0.1) is 0 Å². The Balaban J connectivity index is 2.24. The smallest absolute Gasteiger partial charge is 0.119 e. The van der Waals surface area contributed by atoms with Gasteiger partial charge in [-0.15, -0.1) is 0 Å². The lowest BCUT2D eigenvalue weighted by atomic mass is 10.2. The molecule has 0 bridgehead atoms. The summed E-state index contributed by atoms with van der Waals surface area (Å²) in [7, 11) is 1.67. The third-order valence-corrected chi connectivity index (χ3v) is 3.54. The maximum atomic E-state index is 5.57. The number of nitrogens with zero attached hydrogens (tertiary/aromatic N) is 2. The Kier molecular flexibility index (Phi) is 4.38. The van der Waals surface area contributed by atoms with Gasteiger partial charge in [0, 0.05) is 29.8 Å². The average molecular weight is 310 g/mol. The number of imidazole rings is 1. The summed E-state index contributed by atoms with van der Waals surface area (Å²) in [4.78, 5) is 4.31. The Morgan fingerprint density at radius 3 is 3.00 bits per heavy atom. The lowest BCUT2D eigenvalue weighted by Crippen LogP contribution is -2.10. The molecule has 1 aromatic heterocycles. The van der Waals surface area contributed by atoms with E-state index < -0.39 is 0 Å². The number of ether oxygens (including phenoxy) is 1. The molecule has 0 spiro atoms. The Labute approximate surface area is 115 Å². The van der Waals surface area contributed by atoms with Crippen LogP contribution < -0.4 is 10.5 Å². The normalized spacial score (nSPS) is 10.6. The fourth-order valence-electron chi connectivity index (χ4n) is 1.82. The number of hydrogen-bond acceptors (Lipinski definition) is 3. The SMILES string of the molecule is COc1ccc(Br)c(Cn2ccnc2CCN)c1. The van der Waals surface area contributed by atoms with Crippen molar-refractivity contribution in [2.24, 2.45) is 5.73 Å². The molecule has 0 radical (unpaired) electrons. The average Bonchev–Trinajstić information content (AvgIpc) is 2.80.